The van der Waals surface area contributed by atoms with Crippen LogP contribution in [0.5, 0.6) is 0 Å². The fraction of sp³-hybridized carbons (Fsp3) is 0.556. The minimum absolute atomic E-state index is 0.00750. The first-order chi connectivity index (χ1) is 11.0. The summed E-state index contributed by atoms with van der Waals surface area (Å²) in [6.07, 6.45) is 5.16. The molecule has 0 aliphatic heterocycles. The molecule has 1 aromatic carbocycles. The quantitative estimate of drug-likeness (QED) is 0.837. The molecule has 5 heteroatoms. The van der Waals surface area contributed by atoms with Crippen LogP contribution in [0.4, 0.5) is 0 Å². The Hall–Kier alpha value is -1.49. The summed E-state index contributed by atoms with van der Waals surface area (Å²) >= 11 is 1.64. The van der Waals surface area contributed by atoms with Gasteiger partial charge >= 0.3 is 5.97 Å². The van der Waals surface area contributed by atoms with E-state index in [1.54, 1.807) is 11.8 Å². The van der Waals surface area contributed by atoms with E-state index < -0.39 is 16.1 Å². The van der Waals surface area contributed by atoms with Crippen LogP contribution in [0.3, 0.4) is 0 Å². The van der Waals surface area contributed by atoms with Crippen molar-refractivity contribution in [1.29, 1.82) is 0 Å². The molecule has 0 bridgehead atoms. The third-order valence-electron chi connectivity index (χ3n) is 5.05. The minimum atomic E-state index is -0.788. The van der Waals surface area contributed by atoms with Crippen LogP contribution < -0.4 is 5.32 Å². The first kappa shape index (κ1) is 16.4. The SMILES string of the molecule is Cc1ccc(SC2(C(=O)NCC3(C(=O)O)CC3)CCCC2)cc1. The Morgan fingerprint density at radius 1 is 1.13 bits per heavy atom. The van der Waals surface area contributed by atoms with Gasteiger partial charge in [-0.2, -0.15) is 0 Å². The molecule has 0 atom stereocenters. The lowest BCUT2D eigenvalue weighted by Crippen LogP contribution is -2.45. The number of carboxylic acid groups (broad SMARTS) is 1. The molecule has 23 heavy (non-hydrogen) atoms. The smallest absolute Gasteiger partial charge is 0.311 e. The number of amides is 1. The molecule has 2 saturated carbocycles. The van der Waals surface area contributed by atoms with Gasteiger partial charge in [-0.25, -0.2) is 0 Å². The lowest BCUT2D eigenvalue weighted by Gasteiger charge is -2.28. The van der Waals surface area contributed by atoms with Crippen molar-refractivity contribution in [2.24, 2.45) is 5.41 Å². The van der Waals surface area contributed by atoms with Crippen LogP contribution in [0.1, 0.15) is 44.1 Å². The second-order valence-electron chi connectivity index (χ2n) is 6.88. The Bertz CT molecular complexity index is 601. The number of aliphatic carboxylic acids is 1. The fourth-order valence-corrected chi connectivity index (χ4v) is 4.56. The van der Waals surface area contributed by atoms with Crippen molar-refractivity contribution in [3.63, 3.8) is 0 Å². The Labute approximate surface area is 141 Å². The van der Waals surface area contributed by atoms with Crippen LogP contribution in [-0.4, -0.2) is 28.3 Å². The highest BCUT2D eigenvalue weighted by Crippen LogP contribution is 2.47. The maximum absolute atomic E-state index is 12.8. The van der Waals surface area contributed by atoms with E-state index in [2.05, 4.69) is 29.6 Å². The monoisotopic (exact) mass is 333 g/mol. The Kier molecular flexibility index (Phi) is 4.41. The molecule has 0 heterocycles. The number of hydrogen-bond acceptors (Lipinski definition) is 3. The molecule has 3 rings (SSSR count). The summed E-state index contributed by atoms with van der Waals surface area (Å²) in [5, 5.41) is 12.2. The second-order valence-corrected chi connectivity index (χ2v) is 8.34. The molecule has 0 radical (unpaired) electrons. The van der Waals surface area contributed by atoms with Crippen molar-refractivity contribution < 1.29 is 14.7 Å². The van der Waals surface area contributed by atoms with E-state index in [1.807, 2.05) is 6.92 Å². The zero-order valence-electron chi connectivity index (χ0n) is 13.4. The number of thioether (sulfide) groups is 1. The van der Waals surface area contributed by atoms with Gasteiger partial charge in [0.25, 0.3) is 0 Å². The summed E-state index contributed by atoms with van der Waals surface area (Å²) in [5.74, 6) is -0.780. The van der Waals surface area contributed by atoms with Crippen molar-refractivity contribution in [1.82, 2.24) is 5.32 Å². The van der Waals surface area contributed by atoms with Crippen LogP contribution in [0.25, 0.3) is 0 Å². The van der Waals surface area contributed by atoms with Gasteiger partial charge in [0, 0.05) is 11.4 Å². The molecule has 0 unspecified atom stereocenters. The van der Waals surface area contributed by atoms with E-state index in [1.165, 1.54) is 5.56 Å². The molecule has 2 fully saturated rings. The molecule has 0 saturated heterocycles. The third kappa shape index (κ3) is 3.39. The number of carbonyl (C=O) groups excluding carboxylic acids is 1. The van der Waals surface area contributed by atoms with E-state index in [4.69, 9.17) is 0 Å². The van der Waals surface area contributed by atoms with E-state index >= 15 is 0 Å². The predicted octanol–water partition coefficient (Wildman–Crippen LogP) is 3.38. The predicted molar refractivity (Wildman–Crippen MR) is 90.5 cm³/mol. The first-order valence-corrected chi connectivity index (χ1v) is 9.05. The van der Waals surface area contributed by atoms with Gasteiger partial charge in [0.15, 0.2) is 0 Å². The lowest BCUT2D eigenvalue weighted by atomic mass is 10.0. The maximum Gasteiger partial charge on any atom is 0.311 e. The highest BCUT2D eigenvalue weighted by atomic mass is 32.2. The second kappa shape index (κ2) is 6.19. The number of rotatable bonds is 6. The van der Waals surface area contributed by atoms with Crippen molar-refractivity contribution in [2.75, 3.05) is 6.54 Å². The summed E-state index contributed by atoms with van der Waals surface area (Å²) in [6, 6.07) is 8.25. The summed E-state index contributed by atoms with van der Waals surface area (Å²) in [5.41, 5.74) is 0.501. The van der Waals surface area contributed by atoms with Crippen LogP contribution in [0.15, 0.2) is 29.2 Å². The number of nitrogens with one attached hydrogen (secondary N) is 1. The molecule has 124 valence electrons. The summed E-state index contributed by atoms with van der Waals surface area (Å²) in [7, 11) is 0. The highest BCUT2D eigenvalue weighted by Gasteiger charge is 2.51. The topological polar surface area (TPSA) is 66.4 Å². The first-order valence-electron chi connectivity index (χ1n) is 8.23. The average Bonchev–Trinajstić information content (AvgIpc) is 3.19. The molecule has 4 nitrogen and oxygen atoms in total. The molecule has 2 aliphatic rings. The zero-order chi connectivity index (χ0) is 16.5. The number of carbonyl (C=O) groups is 2. The number of hydrogen-bond donors (Lipinski definition) is 2. The summed E-state index contributed by atoms with van der Waals surface area (Å²) in [4.78, 5) is 25.2. The number of aryl methyl sites for hydroxylation is 1. The molecule has 1 aromatic rings. The standard InChI is InChI=1S/C18H23NO3S/c1-13-4-6-14(7-5-13)23-18(8-2-3-9-18)15(20)19-12-17(10-11-17)16(21)22/h4-7H,2-3,8-12H2,1H3,(H,19,20)(H,21,22). The molecular formula is C18H23NO3S. The van der Waals surface area contributed by atoms with Gasteiger partial charge < -0.3 is 10.4 Å². The normalized spacial score (nSPS) is 20.9. The van der Waals surface area contributed by atoms with Gasteiger partial charge in [0.2, 0.25) is 5.91 Å². The van der Waals surface area contributed by atoms with E-state index in [9.17, 15) is 14.7 Å². The van der Waals surface area contributed by atoms with E-state index in [0.717, 1.165) is 30.6 Å². The van der Waals surface area contributed by atoms with Gasteiger partial charge in [-0.3, -0.25) is 9.59 Å². The minimum Gasteiger partial charge on any atom is -0.481 e. The van der Waals surface area contributed by atoms with Crippen molar-refractivity contribution >= 4 is 23.6 Å². The van der Waals surface area contributed by atoms with Gasteiger partial charge in [0.1, 0.15) is 0 Å². The van der Waals surface area contributed by atoms with E-state index in [0.29, 0.717) is 12.8 Å². The number of carboxylic acids is 1. The van der Waals surface area contributed by atoms with Gasteiger partial charge in [-0.05, 0) is 44.7 Å². The van der Waals surface area contributed by atoms with Gasteiger partial charge in [-0.15, -0.1) is 11.8 Å². The highest BCUT2D eigenvalue weighted by molar-refractivity contribution is 8.01. The summed E-state index contributed by atoms with van der Waals surface area (Å²) < 4.78 is -0.441. The molecule has 2 aliphatic carbocycles. The summed E-state index contributed by atoms with van der Waals surface area (Å²) in [6.45, 7) is 2.31. The Morgan fingerprint density at radius 3 is 2.26 bits per heavy atom. The Balaban J connectivity index is 1.68. The fourth-order valence-electron chi connectivity index (χ4n) is 3.18. The van der Waals surface area contributed by atoms with Gasteiger partial charge in [-0.1, -0.05) is 30.5 Å². The largest absolute Gasteiger partial charge is 0.481 e. The van der Waals surface area contributed by atoms with Crippen LogP contribution >= 0.6 is 11.8 Å². The lowest BCUT2D eigenvalue weighted by molar-refractivity contribution is -0.143. The molecule has 2 N–H and O–H groups in total. The van der Waals surface area contributed by atoms with Crippen molar-refractivity contribution in [3.05, 3.63) is 29.8 Å². The molecule has 0 spiro atoms. The van der Waals surface area contributed by atoms with Crippen LogP contribution in [0.2, 0.25) is 0 Å². The maximum atomic E-state index is 12.8. The molecule has 1 amide bonds. The third-order valence-corrected chi connectivity index (χ3v) is 6.55. The van der Waals surface area contributed by atoms with E-state index in [-0.39, 0.29) is 12.5 Å². The van der Waals surface area contributed by atoms with Gasteiger partial charge in [0.05, 0.1) is 10.2 Å². The Morgan fingerprint density at radius 2 is 1.74 bits per heavy atom. The van der Waals surface area contributed by atoms with Crippen LogP contribution in [0, 0.1) is 12.3 Å². The molecular weight excluding hydrogens is 310 g/mol. The average molecular weight is 333 g/mol. The molecule has 0 aromatic heterocycles. The van der Waals surface area contributed by atoms with Crippen molar-refractivity contribution in [3.8, 4) is 0 Å². The number of benzene rings is 1. The van der Waals surface area contributed by atoms with Crippen molar-refractivity contribution in [2.45, 2.75) is 55.1 Å². The zero-order valence-corrected chi connectivity index (χ0v) is 14.2. The van der Waals surface area contributed by atoms with Crippen LogP contribution in [-0.2, 0) is 9.59 Å².